The molecule has 248 valence electrons. The fourth-order valence-electron chi connectivity index (χ4n) is 4.28. The first-order valence-electron chi connectivity index (χ1n) is 14.8. The van der Waals surface area contributed by atoms with E-state index in [-0.39, 0.29) is 15.7 Å². The van der Waals surface area contributed by atoms with Crippen LogP contribution in [0.4, 0.5) is 23.3 Å². The standard InChI is InChI=1S/C32H39N9O4S2/c1-7-21(2)24-8-14-27(15-9-24)35-32-36-30(40-38-22(3)25-10-16-28(17-11-25)46(42,43)33-5)20-31(37-32)41-39-23(4)26-12-18-29(19-13-26)47(44,45)34-6/h8-21,33-34H,7H2,1-6H3,(H3,35,36,37,40,41). The molecule has 0 aliphatic heterocycles. The molecule has 0 aliphatic carbocycles. The quantitative estimate of drug-likeness (QED) is 0.0884. The highest BCUT2D eigenvalue weighted by atomic mass is 32.2. The van der Waals surface area contributed by atoms with Crippen molar-refractivity contribution in [3.63, 3.8) is 0 Å². The monoisotopic (exact) mass is 677 g/mol. The van der Waals surface area contributed by atoms with Crippen molar-refractivity contribution < 1.29 is 16.8 Å². The van der Waals surface area contributed by atoms with E-state index < -0.39 is 20.0 Å². The number of hydrogen-bond donors (Lipinski definition) is 5. The minimum atomic E-state index is -3.55. The highest BCUT2D eigenvalue weighted by Crippen LogP contribution is 2.23. The maximum absolute atomic E-state index is 12.1. The lowest BCUT2D eigenvalue weighted by Crippen LogP contribution is -2.18. The van der Waals surface area contributed by atoms with Crippen LogP contribution in [0.3, 0.4) is 0 Å². The van der Waals surface area contributed by atoms with E-state index in [1.165, 1.54) is 43.9 Å². The van der Waals surface area contributed by atoms with Gasteiger partial charge in [-0.1, -0.05) is 50.2 Å². The molecule has 1 heterocycles. The van der Waals surface area contributed by atoms with Crippen molar-refractivity contribution in [3.8, 4) is 0 Å². The lowest BCUT2D eigenvalue weighted by atomic mass is 9.99. The molecule has 0 fully saturated rings. The van der Waals surface area contributed by atoms with Crippen molar-refractivity contribution in [2.45, 2.75) is 49.8 Å². The second-order valence-corrected chi connectivity index (χ2v) is 14.4. The molecular weight excluding hydrogens is 639 g/mol. The van der Waals surface area contributed by atoms with Crippen molar-refractivity contribution in [2.75, 3.05) is 30.3 Å². The number of anilines is 4. The van der Waals surface area contributed by atoms with E-state index in [1.54, 1.807) is 44.2 Å². The molecule has 0 spiro atoms. The summed E-state index contributed by atoms with van der Waals surface area (Å²) in [5.41, 5.74) is 10.6. The smallest absolute Gasteiger partial charge is 0.240 e. The van der Waals surface area contributed by atoms with Crippen LogP contribution in [0.25, 0.3) is 0 Å². The Labute approximate surface area is 276 Å². The number of sulfonamides is 2. The third kappa shape index (κ3) is 9.19. The van der Waals surface area contributed by atoms with E-state index in [2.05, 4.69) is 71.8 Å². The van der Waals surface area contributed by atoms with Crippen molar-refractivity contribution in [2.24, 2.45) is 10.2 Å². The lowest BCUT2D eigenvalue weighted by Gasteiger charge is -2.12. The van der Waals surface area contributed by atoms with Gasteiger partial charge in [0.05, 0.1) is 21.2 Å². The second-order valence-electron chi connectivity index (χ2n) is 10.6. The predicted molar refractivity (Wildman–Crippen MR) is 188 cm³/mol. The maximum atomic E-state index is 12.1. The molecule has 47 heavy (non-hydrogen) atoms. The van der Waals surface area contributed by atoms with Crippen LogP contribution in [0.2, 0.25) is 0 Å². The van der Waals surface area contributed by atoms with Crippen LogP contribution >= 0.6 is 0 Å². The first-order valence-corrected chi connectivity index (χ1v) is 17.8. The number of benzene rings is 3. The molecule has 0 saturated carbocycles. The molecule has 0 radical (unpaired) electrons. The van der Waals surface area contributed by atoms with E-state index in [0.29, 0.717) is 40.1 Å². The predicted octanol–water partition coefficient (Wildman–Crippen LogP) is 5.22. The van der Waals surface area contributed by atoms with Gasteiger partial charge in [-0.15, -0.1) is 0 Å². The average Bonchev–Trinajstić information content (AvgIpc) is 3.09. The van der Waals surface area contributed by atoms with Crippen LogP contribution in [-0.4, -0.2) is 52.3 Å². The number of rotatable bonds is 14. The molecule has 4 aromatic rings. The van der Waals surface area contributed by atoms with Crippen molar-refractivity contribution >= 4 is 54.7 Å². The fourth-order valence-corrected chi connectivity index (χ4v) is 5.74. The van der Waals surface area contributed by atoms with Crippen molar-refractivity contribution in [1.29, 1.82) is 0 Å². The molecule has 13 nitrogen and oxygen atoms in total. The largest absolute Gasteiger partial charge is 0.324 e. The number of hydrazone groups is 2. The Bertz CT molecular complexity index is 1850. The van der Waals surface area contributed by atoms with Crippen LogP contribution in [0, 0.1) is 0 Å². The van der Waals surface area contributed by atoms with Crippen LogP contribution in [0.15, 0.2) is 98.9 Å². The van der Waals surface area contributed by atoms with Gasteiger partial charge >= 0.3 is 0 Å². The Morgan fingerprint density at radius 3 is 1.51 bits per heavy atom. The minimum Gasteiger partial charge on any atom is -0.324 e. The van der Waals surface area contributed by atoms with E-state index in [1.807, 2.05) is 12.1 Å². The molecule has 0 bridgehead atoms. The lowest BCUT2D eigenvalue weighted by molar-refractivity contribution is 0.586. The molecule has 0 saturated heterocycles. The van der Waals surface area contributed by atoms with Gasteiger partial charge in [-0.3, -0.25) is 10.9 Å². The highest BCUT2D eigenvalue weighted by Gasteiger charge is 2.13. The second kappa shape index (κ2) is 15.3. The number of aromatic nitrogens is 2. The van der Waals surface area contributed by atoms with E-state index >= 15 is 0 Å². The normalized spacial score (nSPS) is 13.2. The molecular formula is C32H39N9O4S2. The van der Waals surface area contributed by atoms with Crippen LogP contribution < -0.4 is 25.6 Å². The summed E-state index contributed by atoms with van der Waals surface area (Å²) in [5, 5.41) is 12.1. The fraction of sp³-hybridized carbons (Fsp3) is 0.250. The van der Waals surface area contributed by atoms with Gasteiger partial charge in [0.25, 0.3) is 0 Å². The Balaban J connectivity index is 1.60. The molecule has 5 N–H and O–H groups in total. The summed E-state index contributed by atoms with van der Waals surface area (Å²) in [5.74, 6) is 1.46. The summed E-state index contributed by atoms with van der Waals surface area (Å²) in [6.45, 7) is 7.90. The first-order chi connectivity index (χ1) is 22.3. The SMILES string of the molecule is CCC(C)c1ccc(Nc2nc(NN=C(C)c3ccc(S(=O)(=O)NC)cc3)cc(NN=C(C)c3ccc(S(=O)(=O)NC)cc3)n2)cc1. The third-order valence-electron chi connectivity index (χ3n) is 7.45. The van der Waals surface area contributed by atoms with Crippen LogP contribution in [0.1, 0.15) is 56.7 Å². The van der Waals surface area contributed by atoms with Gasteiger partial charge in [0.15, 0.2) is 11.6 Å². The van der Waals surface area contributed by atoms with Gasteiger partial charge in [-0.05, 0) is 93.4 Å². The van der Waals surface area contributed by atoms with Crippen LogP contribution in [-0.2, 0) is 20.0 Å². The van der Waals surface area contributed by atoms with Crippen LogP contribution in [0.5, 0.6) is 0 Å². The molecule has 4 rings (SSSR count). The number of nitrogens with one attached hydrogen (secondary N) is 5. The molecule has 1 unspecified atom stereocenters. The summed E-state index contributed by atoms with van der Waals surface area (Å²) in [6.07, 6.45) is 1.04. The van der Waals surface area contributed by atoms with E-state index in [4.69, 9.17) is 0 Å². The topological polar surface area (TPSA) is 179 Å². The van der Waals surface area contributed by atoms with Gasteiger partial charge < -0.3 is 5.32 Å². The zero-order chi connectivity index (χ0) is 34.2. The molecule has 3 aromatic carbocycles. The summed E-state index contributed by atoms with van der Waals surface area (Å²) in [4.78, 5) is 9.45. The minimum absolute atomic E-state index is 0.152. The Morgan fingerprint density at radius 1 is 0.702 bits per heavy atom. The average molecular weight is 678 g/mol. The zero-order valence-electron chi connectivity index (χ0n) is 27.0. The van der Waals surface area contributed by atoms with Gasteiger partial charge in [0, 0.05) is 11.8 Å². The zero-order valence-corrected chi connectivity index (χ0v) is 28.7. The summed E-state index contributed by atoms with van der Waals surface area (Å²) in [6, 6.07) is 22.4. The summed E-state index contributed by atoms with van der Waals surface area (Å²) < 4.78 is 52.9. The Morgan fingerprint density at radius 2 is 1.13 bits per heavy atom. The van der Waals surface area contributed by atoms with Gasteiger partial charge in [-0.2, -0.15) is 20.2 Å². The van der Waals surface area contributed by atoms with Crippen molar-refractivity contribution in [3.05, 3.63) is 95.6 Å². The molecule has 0 aliphatic rings. The van der Waals surface area contributed by atoms with Gasteiger partial charge in [-0.25, -0.2) is 26.3 Å². The molecule has 0 amide bonds. The summed E-state index contributed by atoms with van der Waals surface area (Å²) >= 11 is 0. The molecule has 1 atom stereocenters. The van der Waals surface area contributed by atoms with Gasteiger partial charge in [0.2, 0.25) is 26.0 Å². The summed E-state index contributed by atoms with van der Waals surface area (Å²) in [7, 11) is -4.38. The Kier molecular flexibility index (Phi) is 11.4. The Hall–Kier alpha value is -4.70. The maximum Gasteiger partial charge on any atom is 0.240 e. The first kappa shape index (κ1) is 35.2. The van der Waals surface area contributed by atoms with E-state index in [0.717, 1.165) is 12.1 Å². The molecule has 1 aromatic heterocycles. The highest BCUT2D eigenvalue weighted by molar-refractivity contribution is 7.89. The van der Waals surface area contributed by atoms with Crippen molar-refractivity contribution in [1.82, 2.24) is 19.4 Å². The number of nitrogens with zero attached hydrogens (tertiary/aromatic N) is 4. The number of hydrogen-bond acceptors (Lipinski definition) is 11. The molecule has 15 heteroatoms. The third-order valence-corrected chi connectivity index (χ3v) is 10.3. The van der Waals surface area contributed by atoms with E-state index in [9.17, 15) is 16.8 Å². The van der Waals surface area contributed by atoms with Gasteiger partial charge in [0.1, 0.15) is 0 Å².